The molecule has 4 rings (SSSR count). The smallest absolute Gasteiger partial charge is 0.160 e. The SMILES string of the molecule is Cc1cc(O)c(CN2CCC(c3nnc4ccccn34)CC2)cc1C. The summed E-state index contributed by atoms with van der Waals surface area (Å²) in [5.74, 6) is 1.93. The van der Waals surface area contributed by atoms with Crippen LogP contribution in [0, 0.1) is 13.8 Å². The molecule has 5 heteroatoms. The minimum Gasteiger partial charge on any atom is -0.508 e. The quantitative estimate of drug-likeness (QED) is 0.796. The van der Waals surface area contributed by atoms with Crippen LogP contribution in [0.15, 0.2) is 36.5 Å². The number of benzene rings is 1. The van der Waals surface area contributed by atoms with Crippen molar-refractivity contribution in [3.8, 4) is 5.75 Å². The minimum atomic E-state index is 0.411. The van der Waals surface area contributed by atoms with Gasteiger partial charge in [0.15, 0.2) is 5.65 Å². The van der Waals surface area contributed by atoms with Gasteiger partial charge in [-0.1, -0.05) is 12.1 Å². The number of hydrogen-bond donors (Lipinski definition) is 1. The fourth-order valence-corrected chi connectivity index (χ4v) is 3.72. The summed E-state index contributed by atoms with van der Waals surface area (Å²) < 4.78 is 2.11. The molecule has 1 aliphatic rings. The third kappa shape index (κ3) is 3.12. The molecule has 0 spiro atoms. The van der Waals surface area contributed by atoms with E-state index in [0.29, 0.717) is 11.7 Å². The number of piperidine rings is 1. The maximum atomic E-state index is 10.2. The zero-order chi connectivity index (χ0) is 17.4. The number of nitrogens with zero attached hydrogens (tertiary/aromatic N) is 4. The largest absolute Gasteiger partial charge is 0.508 e. The molecule has 0 saturated carbocycles. The van der Waals surface area contributed by atoms with Crippen LogP contribution >= 0.6 is 0 Å². The lowest BCUT2D eigenvalue weighted by Crippen LogP contribution is -2.33. The molecule has 0 unspecified atom stereocenters. The van der Waals surface area contributed by atoms with Crippen LogP contribution in [0.1, 0.15) is 41.3 Å². The molecule has 1 fully saturated rings. The number of pyridine rings is 1. The summed E-state index contributed by atoms with van der Waals surface area (Å²) >= 11 is 0. The van der Waals surface area contributed by atoms with Gasteiger partial charge in [0, 0.05) is 24.2 Å². The van der Waals surface area contributed by atoms with Crippen LogP contribution in [0.5, 0.6) is 5.75 Å². The van der Waals surface area contributed by atoms with E-state index in [1.54, 1.807) is 0 Å². The summed E-state index contributed by atoms with van der Waals surface area (Å²) in [4.78, 5) is 2.42. The highest BCUT2D eigenvalue weighted by Crippen LogP contribution is 2.29. The molecule has 0 aliphatic carbocycles. The zero-order valence-electron chi connectivity index (χ0n) is 14.8. The molecular weight excluding hydrogens is 312 g/mol. The Hall–Kier alpha value is -2.40. The maximum Gasteiger partial charge on any atom is 0.160 e. The monoisotopic (exact) mass is 336 g/mol. The van der Waals surface area contributed by atoms with Gasteiger partial charge in [0.05, 0.1) is 0 Å². The molecule has 3 aromatic rings. The first kappa shape index (κ1) is 16.1. The van der Waals surface area contributed by atoms with Crippen LogP contribution in [0.2, 0.25) is 0 Å². The van der Waals surface area contributed by atoms with Crippen molar-refractivity contribution in [2.75, 3.05) is 13.1 Å². The number of likely N-dealkylation sites (tertiary alicyclic amines) is 1. The van der Waals surface area contributed by atoms with Crippen molar-refractivity contribution >= 4 is 5.65 Å². The normalized spacial score (nSPS) is 16.6. The molecule has 130 valence electrons. The van der Waals surface area contributed by atoms with Crippen molar-refractivity contribution in [1.29, 1.82) is 0 Å². The fourth-order valence-electron chi connectivity index (χ4n) is 3.72. The summed E-state index contributed by atoms with van der Waals surface area (Å²) in [6.07, 6.45) is 4.19. The maximum absolute atomic E-state index is 10.2. The van der Waals surface area contributed by atoms with Crippen LogP contribution < -0.4 is 0 Å². The Labute approximate surface area is 147 Å². The second-order valence-electron chi connectivity index (χ2n) is 7.10. The van der Waals surface area contributed by atoms with Gasteiger partial charge in [-0.2, -0.15) is 0 Å². The van der Waals surface area contributed by atoms with Crippen LogP contribution in [-0.4, -0.2) is 37.7 Å². The summed E-state index contributed by atoms with van der Waals surface area (Å²) in [6, 6.07) is 10.0. The second-order valence-corrected chi connectivity index (χ2v) is 7.10. The first-order chi connectivity index (χ1) is 12.1. The van der Waals surface area contributed by atoms with Gasteiger partial charge >= 0.3 is 0 Å². The average molecular weight is 336 g/mol. The van der Waals surface area contributed by atoms with Crippen LogP contribution in [-0.2, 0) is 6.54 Å². The van der Waals surface area contributed by atoms with Crippen molar-refractivity contribution in [2.24, 2.45) is 0 Å². The molecule has 0 atom stereocenters. The van der Waals surface area contributed by atoms with E-state index >= 15 is 0 Å². The highest BCUT2D eigenvalue weighted by atomic mass is 16.3. The molecule has 5 nitrogen and oxygen atoms in total. The highest BCUT2D eigenvalue weighted by molar-refractivity contribution is 5.41. The Morgan fingerprint density at radius 3 is 2.64 bits per heavy atom. The molecule has 1 N–H and O–H groups in total. The van der Waals surface area contributed by atoms with E-state index in [1.807, 2.05) is 37.4 Å². The van der Waals surface area contributed by atoms with Crippen LogP contribution in [0.3, 0.4) is 0 Å². The van der Waals surface area contributed by atoms with Gasteiger partial charge in [-0.05, 0) is 69.1 Å². The van der Waals surface area contributed by atoms with Crippen molar-refractivity contribution in [1.82, 2.24) is 19.5 Å². The van der Waals surface area contributed by atoms with E-state index in [2.05, 4.69) is 32.5 Å². The Morgan fingerprint density at radius 2 is 1.84 bits per heavy atom. The molecule has 1 aliphatic heterocycles. The Bertz CT molecular complexity index is 894. The molecule has 25 heavy (non-hydrogen) atoms. The van der Waals surface area contributed by atoms with E-state index in [1.165, 1.54) is 5.56 Å². The fraction of sp³-hybridized carbons (Fsp3) is 0.400. The molecular formula is C20H24N4O. The Balaban J connectivity index is 1.44. The predicted molar refractivity (Wildman–Crippen MR) is 97.8 cm³/mol. The number of phenolic OH excluding ortho intramolecular Hbond substituents is 1. The summed E-state index contributed by atoms with van der Waals surface area (Å²) in [7, 11) is 0. The summed E-state index contributed by atoms with van der Waals surface area (Å²) in [5.41, 5.74) is 4.31. The molecule has 0 bridgehead atoms. The Kier molecular flexibility index (Phi) is 4.17. The van der Waals surface area contributed by atoms with E-state index in [4.69, 9.17) is 0 Å². The summed E-state index contributed by atoms with van der Waals surface area (Å²) in [6.45, 7) is 6.96. The van der Waals surface area contributed by atoms with Gasteiger partial charge < -0.3 is 5.11 Å². The first-order valence-electron chi connectivity index (χ1n) is 8.93. The van der Waals surface area contributed by atoms with Gasteiger partial charge in [0.2, 0.25) is 0 Å². The number of fused-ring (bicyclic) bond motifs is 1. The molecule has 2 aromatic heterocycles. The van der Waals surface area contributed by atoms with Crippen molar-refractivity contribution < 1.29 is 5.11 Å². The number of phenols is 1. The van der Waals surface area contributed by atoms with E-state index in [9.17, 15) is 5.11 Å². The third-order valence-corrected chi connectivity index (χ3v) is 5.38. The first-order valence-corrected chi connectivity index (χ1v) is 8.93. The van der Waals surface area contributed by atoms with Gasteiger partial charge in [0.1, 0.15) is 11.6 Å². The van der Waals surface area contributed by atoms with E-state index < -0.39 is 0 Å². The van der Waals surface area contributed by atoms with Gasteiger partial charge in [-0.25, -0.2) is 0 Å². The lowest BCUT2D eigenvalue weighted by molar-refractivity contribution is 0.199. The molecule has 1 saturated heterocycles. The number of aromatic nitrogens is 3. The predicted octanol–water partition coefficient (Wildman–Crippen LogP) is 3.43. The van der Waals surface area contributed by atoms with E-state index in [-0.39, 0.29) is 0 Å². The summed E-state index contributed by atoms with van der Waals surface area (Å²) in [5, 5.41) is 18.9. The lowest BCUT2D eigenvalue weighted by Gasteiger charge is -2.31. The standard InChI is InChI=1S/C20H24N4O/c1-14-11-17(18(25)12-15(14)2)13-23-9-6-16(7-10-23)20-22-21-19-5-3-4-8-24(19)20/h3-5,8,11-12,16,25H,6-7,9-10,13H2,1-2H3. The van der Waals surface area contributed by atoms with Crippen LogP contribution in [0.25, 0.3) is 5.65 Å². The van der Waals surface area contributed by atoms with E-state index in [0.717, 1.165) is 55.1 Å². The number of aromatic hydroxyl groups is 1. The number of aryl methyl sites for hydroxylation is 2. The van der Waals surface area contributed by atoms with Gasteiger partial charge in [-0.3, -0.25) is 9.30 Å². The minimum absolute atomic E-state index is 0.411. The van der Waals surface area contributed by atoms with Crippen LogP contribution in [0.4, 0.5) is 0 Å². The van der Waals surface area contributed by atoms with Crippen molar-refractivity contribution in [3.05, 3.63) is 59.0 Å². The Morgan fingerprint density at radius 1 is 1.08 bits per heavy atom. The molecule has 0 radical (unpaired) electrons. The van der Waals surface area contributed by atoms with Crippen molar-refractivity contribution in [3.63, 3.8) is 0 Å². The topological polar surface area (TPSA) is 53.7 Å². The van der Waals surface area contributed by atoms with Gasteiger partial charge in [-0.15, -0.1) is 10.2 Å². The number of rotatable bonds is 3. The van der Waals surface area contributed by atoms with Gasteiger partial charge in [0.25, 0.3) is 0 Å². The average Bonchev–Trinajstić information content (AvgIpc) is 3.04. The number of hydrogen-bond acceptors (Lipinski definition) is 4. The molecule has 1 aromatic carbocycles. The second kappa shape index (κ2) is 6.48. The zero-order valence-corrected chi connectivity index (χ0v) is 14.8. The highest BCUT2D eigenvalue weighted by Gasteiger charge is 2.24. The molecule has 0 amide bonds. The lowest BCUT2D eigenvalue weighted by atomic mass is 9.95. The third-order valence-electron chi connectivity index (χ3n) is 5.38. The molecule has 3 heterocycles. The van der Waals surface area contributed by atoms with Crippen molar-refractivity contribution in [2.45, 2.75) is 39.2 Å².